The van der Waals surface area contributed by atoms with Crippen molar-refractivity contribution in [2.24, 2.45) is 5.92 Å². The number of carbonyl (C=O) groups is 1. The van der Waals surface area contributed by atoms with Gasteiger partial charge in [-0.05, 0) is 31.8 Å². The number of amides is 1. The molecule has 0 aromatic rings. The molecule has 1 heterocycles. The summed E-state index contributed by atoms with van der Waals surface area (Å²) in [4.78, 5) is 13.6. The molecular weight excluding hydrogens is 252 g/mol. The van der Waals surface area contributed by atoms with Crippen molar-refractivity contribution in [3.63, 3.8) is 0 Å². The molecule has 0 aromatic heterocycles. The van der Waals surface area contributed by atoms with E-state index in [-0.39, 0.29) is 29.4 Å². The summed E-state index contributed by atoms with van der Waals surface area (Å²) in [6, 6.07) is 0.174. The SMILES string of the molecule is CC(C)CS(=O)(=O)CC(=O)N(C)C1CCNCC1. The van der Waals surface area contributed by atoms with E-state index in [1.165, 1.54) is 0 Å². The molecule has 0 atom stereocenters. The summed E-state index contributed by atoms with van der Waals surface area (Å²) in [5.74, 6) is -0.487. The van der Waals surface area contributed by atoms with E-state index >= 15 is 0 Å². The van der Waals surface area contributed by atoms with E-state index < -0.39 is 9.84 Å². The Morgan fingerprint density at radius 1 is 1.33 bits per heavy atom. The van der Waals surface area contributed by atoms with E-state index in [0.717, 1.165) is 25.9 Å². The lowest BCUT2D eigenvalue weighted by Crippen LogP contribution is -2.46. The van der Waals surface area contributed by atoms with Crippen molar-refractivity contribution in [3.8, 4) is 0 Å². The van der Waals surface area contributed by atoms with Crippen molar-refractivity contribution >= 4 is 15.7 Å². The predicted octanol–water partition coefficient (Wildman–Crippen LogP) is 0.268. The van der Waals surface area contributed by atoms with E-state index in [0.29, 0.717) is 0 Å². The van der Waals surface area contributed by atoms with Crippen LogP contribution < -0.4 is 5.32 Å². The molecule has 0 spiro atoms. The van der Waals surface area contributed by atoms with Gasteiger partial charge in [0, 0.05) is 13.1 Å². The quantitative estimate of drug-likeness (QED) is 0.782. The zero-order valence-corrected chi connectivity index (χ0v) is 12.3. The van der Waals surface area contributed by atoms with Gasteiger partial charge < -0.3 is 10.2 Å². The molecule has 1 aliphatic heterocycles. The second-order valence-corrected chi connectivity index (χ2v) is 7.54. The first-order valence-corrected chi connectivity index (χ1v) is 8.31. The average Bonchev–Trinajstić information content (AvgIpc) is 2.26. The van der Waals surface area contributed by atoms with Gasteiger partial charge in [0.1, 0.15) is 5.75 Å². The standard InChI is InChI=1S/C12H24N2O3S/c1-10(2)8-18(16,17)9-12(15)14(3)11-4-6-13-7-5-11/h10-11,13H,4-9H2,1-3H3. The molecule has 106 valence electrons. The van der Waals surface area contributed by atoms with Gasteiger partial charge in [-0.15, -0.1) is 0 Å². The molecule has 1 fully saturated rings. The second kappa shape index (κ2) is 6.52. The third kappa shape index (κ3) is 4.94. The third-order valence-electron chi connectivity index (χ3n) is 3.18. The second-order valence-electron chi connectivity index (χ2n) is 5.43. The Balaban J connectivity index is 2.53. The highest BCUT2D eigenvalue weighted by Crippen LogP contribution is 2.11. The number of sulfone groups is 1. The minimum absolute atomic E-state index is 0.0620. The van der Waals surface area contributed by atoms with Crippen LogP contribution in [-0.2, 0) is 14.6 Å². The van der Waals surface area contributed by atoms with E-state index in [1.807, 2.05) is 13.8 Å². The lowest BCUT2D eigenvalue weighted by atomic mass is 10.1. The smallest absolute Gasteiger partial charge is 0.237 e. The summed E-state index contributed by atoms with van der Waals surface area (Å²) < 4.78 is 23.6. The summed E-state index contributed by atoms with van der Waals surface area (Å²) in [6.45, 7) is 5.47. The van der Waals surface area contributed by atoms with Gasteiger partial charge in [-0.1, -0.05) is 13.8 Å². The first-order chi connectivity index (χ1) is 8.32. The summed E-state index contributed by atoms with van der Waals surface area (Å²) in [5.41, 5.74) is 0. The van der Waals surface area contributed by atoms with Gasteiger partial charge >= 0.3 is 0 Å². The van der Waals surface area contributed by atoms with Gasteiger partial charge in [0.15, 0.2) is 9.84 Å². The molecule has 0 bridgehead atoms. The maximum atomic E-state index is 12.0. The molecule has 0 aromatic carbocycles. The Morgan fingerprint density at radius 3 is 2.39 bits per heavy atom. The fourth-order valence-electron chi connectivity index (χ4n) is 2.25. The molecule has 1 amide bonds. The summed E-state index contributed by atoms with van der Waals surface area (Å²) >= 11 is 0. The molecule has 1 rings (SSSR count). The van der Waals surface area contributed by atoms with Crippen LogP contribution in [0.2, 0.25) is 0 Å². The van der Waals surface area contributed by atoms with Crippen LogP contribution in [0.3, 0.4) is 0 Å². The lowest BCUT2D eigenvalue weighted by Gasteiger charge is -2.31. The molecular formula is C12H24N2O3S. The van der Waals surface area contributed by atoms with Crippen molar-refractivity contribution < 1.29 is 13.2 Å². The number of carbonyl (C=O) groups excluding carboxylic acids is 1. The van der Waals surface area contributed by atoms with Crippen LogP contribution in [0.25, 0.3) is 0 Å². The number of hydrogen-bond donors (Lipinski definition) is 1. The van der Waals surface area contributed by atoms with E-state index in [4.69, 9.17) is 0 Å². The first kappa shape index (κ1) is 15.4. The van der Waals surface area contributed by atoms with Crippen LogP contribution in [0.4, 0.5) is 0 Å². The molecule has 18 heavy (non-hydrogen) atoms. The van der Waals surface area contributed by atoms with Crippen LogP contribution in [-0.4, -0.2) is 56.9 Å². The number of rotatable bonds is 5. The normalized spacial score (nSPS) is 18.0. The van der Waals surface area contributed by atoms with Gasteiger partial charge in [0.05, 0.1) is 5.75 Å². The summed E-state index contributed by atoms with van der Waals surface area (Å²) in [7, 11) is -1.56. The topological polar surface area (TPSA) is 66.5 Å². The highest BCUT2D eigenvalue weighted by molar-refractivity contribution is 7.92. The van der Waals surface area contributed by atoms with Gasteiger partial charge in [-0.2, -0.15) is 0 Å². The molecule has 6 heteroatoms. The van der Waals surface area contributed by atoms with E-state index in [9.17, 15) is 13.2 Å². The number of nitrogens with zero attached hydrogens (tertiary/aromatic N) is 1. The van der Waals surface area contributed by atoms with Crippen molar-refractivity contribution in [3.05, 3.63) is 0 Å². The first-order valence-electron chi connectivity index (χ1n) is 6.48. The monoisotopic (exact) mass is 276 g/mol. The highest BCUT2D eigenvalue weighted by atomic mass is 32.2. The Bertz CT molecular complexity index is 373. The van der Waals surface area contributed by atoms with Crippen LogP contribution in [0, 0.1) is 5.92 Å². The number of nitrogens with one attached hydrogen (secondary N) is 1. The minimum atomic E-state index is -3.27. The molecule has 1 N–H and O–H groups in total. The van der Waals surface area contributed by atoms with E-state index in [2.05, 4.69) is 5.32 Å². The van der Waals surface area contributed by atoms with Crippen LogP contribution in [0.1, 0.15) is 26.7 Å². The third-order valence-corrected chi connectivity index (χ3v) is 5.04. The Labute approximate surface area is 110 Å². The molecule has 0 saturated carbocycles. The number of piperidine rings is 1. The Kier molecular flexibility index (Phi) is 5.59. The molecule has 0 radical (unpaired) electrons. The van der Waals surface area contributed by atoms with Crippen molar-refractivity contribution in [2.45, 2.75) is 32.7 Å². The maximum Gasteiger partial charge on any atom is 0.237 e. The van der Waals surface area contributed by atoms with Gasteiger partial charge in [-0.25, -0.2) is 8.42 Å². The largest absolute Gasteiger partial charge is 0.342 e. The molecule has 0 unspecified atom stereocenters. The van der Waals surface area contributed by atoms with Crippen molar-refractivity contribution in [1.29, 1.82) is 0 Å². The van der Waals surface area contributed by atoms with E-state index in [1.54, 1.807) is 11.9 Å². The van der Waals surface area contributed by atoms with Gasteiger partial charge in [0.2, 0.25) is 5.91 Å². The maximum absolute atomic E-state index is 12.0. The van der Waals surface area contributed by atoms with Crippen molar-refractivity contribution in [1.82, 2.24) is 10.2 Å². The average molecular weight is 276 g/mol. The van der Waals surface area contributed by atoms with Crippen LogP contribution in [0.5, 0.6) is 0 Å². The lowest BCUT2D eigenvalue weighted by molar-refractivity contribution is -0.129. The minimum Gasteiger partial charge on any atom is -0.342 e. The number of hydrogen-bond acceptors (Lipinski definition) is 4. The summed E-state index contributed by atoms with van der Waals surface area (Å²) in [6.07, 6.45) is 1.79. The predicted molar refractivity (Wildman–Crippen MR) is 72.2 cm³/mol. The molecule has 5 nitrogen and oxygen atoms in total. The zero-order valence-electron chi connectivity index (χ0n) is 11.5. The molecule has 1 aliphatic rings. The fraction of sp³-hybridized carbons (Fsp3) is 0.917. The fourth-order valence-corrected chi connectivity index (χ4v) is 3.97. The van der Waals surface area contributed by atoms with Gasteiger partial charge in [-0.3, -0.25) is 4.79 Å². The summed E-state index contributed by atoms with van der Waals surface area (Å²) in [5, 5.41) is 3.23. The molecule has 1 saturated heterocycles. The molecule has 0 aliphatic carbocycles. The zero-order chi connectivity index (χ0) is 13.8. The van der Waals surface area contributed by atoms with Gasteiger partial charge in [0.25, 0.3) is 0 Å². The van der Waals surface area contributed by atoms with Crippen molar-refractivity contribution in [2.75, 3.05) is 31.6 Å². The highest BCUT2D eigenvalue weighted by Gasteiger charge is 2.26. The van der Waals surface area contributed by atoms with Crippen LogP contribution >= 0.6 is 0 Å². The Morgan fingerprint density at radius 2 is 1.89 bits per heavy atom. The van der Waals surface area contributed by atoms with Crippen LogP contribution in [0.15, 0.2) is 0 Å². The Hall–Kier alpha value is -0.620.